The molecule has 1 heterocycles. The van der Waals surface area contributed by atoms with Gasteiger partial charge in [0.15, 0.2) is 0 Å². The van der Waals surface area contributed by atoms with Crippen molar-refractivity contribution in [1.82, 2.24) is 9.71 Å². The molecule has 1 amide bonds. The van der Waals surface area contributed by atoms with Crippen LogP contribution in [0.1, 0.15) is 12.5 Å². The van der Waals surface area contributed by atoms with E-state index >= 15 is 0 Å². The average Bonchev–Trinajstić information content (AvgIpc) is 2.54. The van der Waals surface area contributed by atoms with Crippen molar-refractivity contribution in [3.63, 3.8) is 0 Å². The monoisotopic (exact) mass is 367 g/mol. The van der Waals surface area contributed by atoms with Crippen molar-refractivity contribution in [2.75, 3.05) is 18.7 Å². The van der Waals surface area contributed by atoms with Crippen LogP contribution >= 0.6 is 0 Å². The number of rotatable bonds is 6. The first-order valence-electron chi connectivity index (χ1n) is 7.20. The lowest BCUT2D eigenvalue weighted by Crippen LogP contribution is -2.51. The maximum Gasteiger partial charge on any atom is 0.250 e. The predicted molar refractivity (Wildman–Crippen MR) is 91.2 cm³/mol. The number of pyridine rings is 1. The Balaban J connectivity index is 2.36. The molecule has 0 saturated carbocycles. The Labute approximate surface area is 145 Å². The van der Waals surface area contributed by atoms with Crippen LogP contribution in [-0.2, 0) is 20.4 Å². The number of amides is 1. The van der Waals surface area contributed by atoms with Gasteiger partial charge in [-0.15, -0.1) is 0 Å². The zero-order valence-corrected chi connectivity index (χ0v) is 14.7. The van der Waals surface area contributed by atoms with Crippen molar-refractivity contribution in [2.24, 2.45) is 0 Å². The molecule has 0 saturated heterocycles. The fraction of sp³-hybridized carbons (Fsp3) is 0.250. The number of hydrogen-bond acceptors (Lipinski definition) is 5. The van der Waals surface area contributed by atoms with Gasteiger partial charge < -0.3 is 10.1 Å². The number of sulfonamides is 1. The third kappa shape index (κ3) is 4.74. The SMILES string of the molecule is COc1ccc(NC(=O)C(C)(NS(C)(=O)=O)c2ccc(F)cc2)cn1. The van der Waals surface area contributed by atoms with Gasteiger partial charge in [-0.05, 0) is 30.7 Å². The molecule has 2 rings (SSSR count). The Hall–Kier alpha value is -2.52. The summed E-state index contributed by atoms with van der Waals surface area (Å²) in [5.41, 5.74) is -0.992. The number of ether oxygens (including phenoxy) is 1. The largest absolute Gasteiger partial charge is 0.481 e. The van der Waals surface area contributed by atoms with E-state index in [1.807, 2.05) is 0 Å². The lowest BCUT2D eigenvalue weighted by Gasteiger charge is -2.29. The summed E-state index contributed by atoms with van der Waals surface area (Å²) in [4.78, 5) is 16.7. The Morgan fingerprint density at radius 2 is 1.84 bits per heavy atom. The molecule has 0 aliphatic heterocycles. The molecule has 0 fully saturated rings. The summed E-state index contributed by atoms with van der Waals surface area (Å²) < 4.78 is 43.9. The minimum Gasteiger partial charge on any atom is -0.481 e. The molecule has 0 radical (unpaired) electrons. The van der Waals surface area contributed by atoms with Crippen molar-refractivity contribution in [2.45, 2.75) is 12.5 Å². The summed E-state index contributed by atoms with van der Waals surface area (Å²) in [5, 5.41) is 2.59. The van der Waals surface area contributed by atoms with Gasteiger partial charge in [0.2, 0.25) is 21.8 Å². The van der Waals surface area contributed by atoms with Crippen LogP contribution in [0.15, 0.2) is 42.6 Å². The lowest BCUT2D eigenvalue weighted by molar-refractivity contribution is -0.121. The third-order valence-electron chi connectivity index (χ3n) is 3.47. The van der Waals surface area contributed by atoms with Crippen molar-refractivity contribution in [3.8, 4) is 5.88 Å². The van der Waals surface area contributed by atoms with E-state index in [2.05, 4.69) is 15.0 Å². The number of carbonyl (C=O) groups is 1. The molecule has 0 aliphatic rings. The van der Waals surface area contributed by atoms with Gasteiger partial charge in [-0.25, -0.2) is 17.8 Å². The van der Waals surface area contributed by atoms with E-state index in [-0.39, 0.29) is 0 Å². The molecule has 1 unspecified atom stereocenters. The maximum absolute atomic E-state index is 13.2. The molecule has 9 heteroatoms. The van der Waals surface area contributed by atoms with Crippen molar-refractivity contribution in [1.29, 1.82) is 0 Å². The Kier molecular flexibility index (Phi) is 5.39. The summed E-state index contributed by atoms with van der Waals surface area (Å²) in [6, 6.07) is 8.11. The summed E-state index contributed by atoms with van der Waals surface area (Å²) >= 11 is 0. The molecule has 0 bridgehead atoms. The molecule has 1 aromatic carbocycles. The van der Waals surface area contributed by atoms with Crippen LogP contribution in [0.3, 0.4) is 0 Å². The van der Waals surface area contributed by atoms with E-state index < -0.39 is 27.3 Å². The molecule has 2 aromatic rings. The number of aromatic nitrogens is 1. The van der Waals surface area contributed by atoms with Gasteiger partial charge in [0.25, 0.3) is 0 Å². The number of halogens is 1. The van der Waals surface area contributed by atoms with Crippen molar-refractivity contribution >= 4 is 21.6 Å². The number of carbonyl (C=O) groups excluding carboxylic acids is 1. The van der Waals surface area contributed by atoms with Gasteiger partial charge >= 0.3 is 0 Å². The molecule has 0 spiro atoms. The molecule has 1 atom stereocenters. The second kappa shape index (κ2) is 7.16. The zero-order chi connectivity index (χ0) is 18.7. The fourth-order valence-corrected chi connectivity index (χ4v) is 3.17. The van der Waals surface area contributed by atoms with Gasteiger partial charge in [0.05, 0.1) is 25.2 Å². The predicted octanol–water partition coefficient (Wildman–Crippen LogP) is 1.63. The molecule has 0 aliphatic carbocycles. The topological polar surface area (TPSA) is 97.4 Å². The number of nitrogens with zero attached hydrogens (tertiary/aromatic N) is 1. The minimum atomic E-state index is -3.73. The summed E-state index contributed by atoms with van der Waals surface area (Å²) in [5.74, 6) is -0.768. The normalized spacial score (nSPS) is 13.8. The van der Waals surface area contributed by atoms with E-state index in [4.69, 9.17) is 4.74 Å². The standard InChI is InChI=1S/C16H18FN3O4S/c1-16(20-25(3,22)23,11-4-6-12(17)7-5-11)15(21)19-13-8-9-14(24-2)18-10-13/h4-10,20H,1-3H3,(H,19,21). The van der Waals surface area contributed by atoms with Gasteiger partial charge in [-0.1, -0.05) is 12.1 Å². The van der Waals surface area contributed by atoms with E-state index in [0.29, 0.717) is 17.1 Å². The van der Waals surface area contributed by atoms with Gasteiger partial charge in [0, 0.05) is 6.07 Å². The molecule has 1 aromatic heterocycles. The molecule has 2 N–H and O–H groups in total. The van der Waals surface area contributed by atoms with Crippen LogP contribution in [0.4, 0.5) is 10.1 Å². The van der Waals surface area contributed by atoms with Crippen molar-refractivity contribution in [3.05, 3.63) is 54.0 Å². The third-order valence-corrected chi connectivity index (χ3v) is 4.25. The molecule has 7 nitrogen and oxygen atoms in total. The Morgan fingerprint density at radius 1 is 1.20 bits per heavy atom. The average molecular weight is 367 g/mol. The first-order chi connectivity index (χ1) is 11.6. The molecular formula is C16H18FN3O4S. The maximum atomic E-state index is 13.2. The van der Waals surface area contributed by atoms with E-state index in [1.54, 1.807) is 12.1 Å². The number of nitrogens with one attached hydrogen (secondary N) is 2. The van der Waals surface area contributed by atoms with E-state index in [1.165, 1.54) is 32.4 Å². The molecule has 25 heavy (non-hydrogen) atoms. The summed E-state index contributed by atoms with van der Waals surface area (Å²) in [6.07, 6.45) is 2.32. The number of methoxy groups -OCH3 is 1. The highest BCUT2D eigenvalue weighted by Gasteiger charge is 2.38. The van der Waals surface area contributed by atoms with Crippen LogP contribution in [0.25, 0.3) is 0 Å². The highest BCUT2D eigenvalue weighted by molar-refractivity contribution is 7.88. The lowest BCUT2D eigenvalue weighted by atomic mass is 9.92. The van der Waals surface area contributed by atoms with Gasteiger partial charge in [-0.2, -0.15) is 4.72 Å². The summed E-state index contributed by atoms with van der Waals surface area (Å²) in [7, 11) is -2.27. The number of anilines is 1. The van der Waals surface area contributed by atoms with Gasteiger partial charge in [0.1, 0.15) is 11.4 Å². The van der Waals surface area contributed by atoms with Crippen LogP contribution in [-0.4, -0.2) is 32.7 Å². The molecular weight excluding hydrogens is 349 g/mol. The number of hydrogen-bond donors (Lipinski definition) is 2. The van der Waals surface area contributed by atoms with Gasteiger partial charge in [-0.3, -0.25) is 4.79 Å². The minimum absolute atomic E-state index is 0.290. The van der Waals surface area contributed by atoms with E-state index in [0.717, 1.165) is 18.4 Å². The van der Waals surface area contributed by atoms with Crippen LogP contribution in [0.5, 0.6) is 5.88 Å². The van der Waals surface area contributed by atoms with Crippen molar-refractivity contribution < 1.29 is 22.3 Å². The zero-order valence-electron chi connectivity index (χ0n) is 13.9. The highest BCUT2D eigenvalue weighted by atomic mass is 32.2. The Bertz CT molecular complexity index is 854. The highest BCUT2D eigenvalue weighted by Crippen LogP contribution is 2.24. The van der Waals surface area contributed by atoms with Crippen LogP contribution in [0, 0.1) is 5.82 Å². The number of benzene rings is 1. The quantitative estimate of drug-likeness (QED) is 0.809. The van der Waals surface area contributed by atoms with Crippen LogP contribution in [0.2, 0.25) is 0 Å². The van der Waals surface area contributed by atoms with Crippen LogP contribution < -0.4 is 14.8 Å². The smallest absolute Gasteiger partial charge is 0.250 e. The fourth-order valence-electron chi connectivity index (χ4n) is 2.22. The first kappa shape index (κ1) is 18.8. The summed E-state index contributed by atoms with van der Waals surface area (Å²) in [6.45, 7) is 1.40. The second-order valence-corrected chi connectivity index (χ2v) is 7.30. The van der Waals surface area contributed by atoms with E-state index in [9.17, 15) is 17.6 Å². The Morgan fingerprint density at radius 3 is 2.32 bits per heavy atom. The second-order valence-electron chi connectivity index (χ2n) is 5.55. The first-order valence-corrected chi connectivity index (χ1v) is 9.10. The molecule has 134 valence electrons.